The van der Waals surface area contributed by atoms with Crippen molar-refractivity contribution in [2.45, 2.75) is 18.9 Å². The monoisotopic (exact) mass is 342 g/mol. The van der Waals surface area contributed by atoms with E-state index >= 15 is 0 Å². The van der Waals surface area contributed by atoms with Gasteiger partial charge in [0.25, 0.3) is 0 Å². The highest BCUT2D eigenvalue weighted by molar-refractivity contribution is 8.00. The molecule has 0 saturated carbocycles. The number of nitrogens with one attached hydrogen (secondary N) is 1. The second-order valence-corrected chi connectivity index (χ2v) is 6.21. The summed E-state index contributed by atoms with van der Waals surface area (Å²) in [4.78, 5) is 26.1. The van der Waals surface area contributed by atoms with Crippen molar-refractivity contribution in [3.8, 4) is 0 Å². The van der Waals surface area contributed by atoms with Crippen molar-refractivity contribution in [3.05, 3.63) is 35.9 Å². The Balaban J connectivity index is 0.00000242. The second-order valence-electron chi connectivity index (χ2n) is 5.22. The number of carbonyl (C=O) groups excluding carboxylic acids is 2. The van der Waals surface area contributed by atoms with E-state index in [1.54, 1.807) is 0 Å². The molecule has 6 heteroatoms. The lowest BCUT2D eigenvalue weighted by molar-refractivity contribution is -0.129. The summed E-state index contributed by atoms with van der Waals surface area (Å²) in [6.07, 6.45) is 2.14. The first-order chi connectivity index (χ1) is 10.2. The number of hydrogen-bond donors (Lipinski definition) is 1. The van der Waals surface area contributed by atoms with Crippen LogP contribution < -0.4 is 5.32 Å². The van der Waals surface area contributed by atoms with Crippen LogP contribution in [0.4, 0.5) is 0 Å². The Kier molecular flexibility index (Phi) is 8.53. The Bertz CT molecular complexity index is 484. The highest BCUT2D eigenvalue weighted by atomic mass is 35.5. The van der Waals surface area contributed by atoms with Crippen molar-refractivity contribution < 1.29 is 9.59 Å². The molecule has 0 bridgehead atoms. The summed E-state index contributed by atoms with van der Waals surface area (Å²) in [7, 11) is 1.91. The molecule has 0 spiro atoms. The minimum Gasteiger partial charge on any atom is -0.338 e. The van der Waals surface area contributed by atoms with Crippen LogP contribution in [0.25, 0.3) is 0 Å². The third-order valence-corrected chi connectivity index (χ3v) is 4.61. The summed E-state index contributed by atoms with van der Waals surface area (Å²) in [5.41, 5.74) is 0.715. The van der Waals surface area contributed by atoms with Crippen LogP contribution in [0, 0.1) is 0 Å². The van der Waals surface area contributed by atoms with E-state index < -0.39 is 0 Å². The van der Waals surface area contributed by atoms with E-state index in [1.165, 1.54) is 11.8 Å². The number of Topliss-reactive ketones (excluding diaryl/α,β-unsaturated/α-hetero) is 1. The molecule has 1 N–H and O–H groups in total. The number of rotatable bonds is 7. The summed E-state index contributed by atoms with van der Waals surface area (Å²) < 4.78 is 0. The number of carbonyl (C=O) groups is 2. The average Bonchev–Trinajstić information content (AvgIpc) is 2.96. The van der Waals surface area contributed by atoms with Gasteiger partial charge >= 0.3 is 0 Å². The number of likely N-dealkylation sites (tertiary alicyclic amines) is 1. The second kappa shape index (κ2) is 9.87. The van der Waals surface area contributed by atoms with Crippen LogP contribution in [0.1, 0.15) is 23.2 Å². The molecule has 1 unspecified atom stereocenters. The van der Waals surface area contributed by atoms with Gasteiger partial charge in [-0.15, -0.1) is 24.2 Å². The maximum absolute atomic E-state index is 12.2. The number of hydrogen-bond acceptors (Lipinski definition) is 4. The lowest BCUT2D eigenvalue weighted by Crippen LogP contribution is -2.41. The van der Waals surface area contributed by atoms with E-state index in [4.69, 9.17) is 0 Å². The first-order valence-corrected chi connectivity index (χ1v) is 8.48. The number of ketones is 1. The van der Waals surface area contributed by atoms with Crippen LogP contribution in [-0.4, -0.2) is 54.3 Å². The fraction of sp³-hybridized carbons (Fsp3) is 0.500. The van der Waals surface area contributed by atoms with Gasteiger partial charge in [-0.1, -0.05) is 30.3 Å². The molecule has 0 aliphatic carbocycles. The van der Waals surface area contributed by atoms with Crippen LogP contribution >= 0.6 is 24.2 Å². The highest BCUT2D eigenvalue weighted by Gasteiger charge is 2.27. The van der Waals surface area contributed by atoms with Gasteiger partial charge in [0.05, 0.1) is 11.5 Å². The summed E-state index contributed by atoms with van der Waals surface area (Å²) in [6.45, 7) is 1.69. The van der Waals surface area contributed by atoms with Crippen molar-refractivity contribution >= 4 is 35.9 Å². The van der Waals surface area contributed by atoms with E-state index in [-0.39, 0.29) is 24.1 Å². The molecular formula is C16H23ClN2O2S. The molecular weight excluding hydrogens is 320 g/mol. The quantitative estimate of drug-likeness (QED) is 0.772. The third-order valence-electron chi connectivity index (χ3n) is 3.69. The van der Waals surface area contributed by atoms with Gasteiger partial charge < -0.3 is 10.2 Å². The summed E-state index contributed by atoms with van der Waals surface area (Å²) in [6, 6.07) is 9.55. The summed E-state index contributed by atoms with van der Waals surface area (Å²) >= 11 is 1.41. The maximum Gasteiger partial charge on any atom is 0.232 e. The minimum absolute atomic E-state index is 0. The zero-order valence-corrected chi connectivity index (χ0v) is 14.4. The fourth-order valence-corrected chi connectivity index (χ4v) is 3.43. The van der Waals surface area contributed by atoms with Gasteiger partial charge in [0.1, 0.15) is 0 Å². The highest BCUT2D eigenvalue weighted by Crippen LogP contribution is 2.18. The van der Waals surface area contributed by atoms with Gasteiger partial charge in [-0.25, -0.2) is 0 Å². The molecule has 0 aromatic heterocycles. The van der Waals surface area contributed by atoms with E-state index in [1.807, 2.05) is 42.3 Å². The number of benzene rings is 1. The Hall–Kier alpha value is -1.04. The van der Waals surface area contributed by atoms with Crippen molar-refractivity contribution in [2.75, 3.05) is 31.6 Å². The molecule has 4 nitrogen and oxygen atoms in total. The smallest absolute Gasteiger partial charge is 0.232 e. The topological polar surface area (TPSA) is 49.4 Å². The van der Waals surface area contributed by atoms with Crippen molar-refractivity contribution in [1.82, 2.24) is 10.2 Å². The predicted octanol–water partition coefficient (Wildman–Crippen LogP) is 2.23. The van der Waals surface area contributed by atoms with E-state index in [9.17, 15) is 9.59 Å². The molecule has 2 rings (SSSR count). The minimum atomic E-state index is 0. The van der Waals surface area contributed by atoms with Crippen molar-refractivity contribution in [2.24, 2.45) is 0 Å². The lowest BCUT2D eigenvalue weighted by atomic mass is 10.2. The van der Waals surface area contributed by atoms with Crippen LogP contribution in [-0.2, 0) is 4.79 Å². The lowest BCUT2D eigenvalue weighted by Gasteiger charge is -2.24. The molecule has 1 atom stereocenters. The average molecular weight is 343 g/mol. The number of thioether (sulfide) groups is 1. The summed E-state index contributed by atoms with van der Waals surface area (Å²) in [5, 5.41) is 3.14. The van der Waals surface area contributed by atoms with Crippen molar-refractivity contribution in [1.29, 1.82) is 0 Å². The van der Waals surface area contributed by atoms with Gasteiger partial charge in [-0.3, -0.25) is 9.59 Å². The van der Waals surface area contributed by atoms with Gasteiger partial charge in [-0.05, 0) is 19.9 Å². The Labute approximate surface area is 142 Å². The molecule has 0 radical (unpaired) electrons. The summed E-state index contributed by atoms with van der Waals surface area (Å²) in [5.74, 6) is 0.985. The molecule has 22 heavy (non-hydrogen) atoms. The standard InChI is InChI=1S/C16H22N2O2S.ClH/c1-17-10-14-8-5-9-18(14)16(20)12-21-11-15(19)13-6-3-2-4-7-13;/h2-4,6-7,14,17H,5,8-12H2,1H3;1H. The van der Waals surface area contributed by atoms with Gasteiger partial charge in [0.15, 0.2) is 5.78 Å². The Morgan fingerprint density at radius 2 is 2.00 bits per heavy atom. The molecule has 1 aromatic carbocycles. The molecule has 1 aliphatic heterocycles. The fourth-order valence-electron chi connectivity index (χ4n) is 2.63. The predicted molar refractivity (Wildman–Crippen MR) is 94.0 cm³/mol. The first-order valence-electron chi connectivity index (χ1n) is 7.32. The van der Waals surface area contributed by atoms with Crippen LogP contribution in [0.2, 0.25) is 0 Å². The zero-order chi connectivity index (χ0) is 15.1. The molecule has 1 amide bonds. The molecule has 1 heterocycles. The maximum atomic E-state index is 12.2. The van der Waals surface area contributed by atoms with Crippen molar-refractivity contribution in [3.63, 3.8) is 0 Å². The number of halogens is 1. The van der Waals surface area contributed by atoms with E-state index in [2.05, 4.69) is 5.32 Å². The van der Waals surface area contributed by atoms with Crippen LogP contribution in [0.15, 0.2) is 30.3 Å². The SMILES string of the molecule is CNCC1CCCN1C(=O)CSCC(=O)c1ccccc1.Cl. The van der Waals surface area contributed by atoms with E-state index in [0.29, 0.717) is 23.1 Å². The number of amides is 1. The third kappa shape index (κ3) is 5.30. The number of likely N-dealkylation sites (N-methyl/N-ethyl adjacent to an activating group) is 1. The largest absolute Gasteiger partial charge is 0.338 e. The molecule has 1 aliphatic rings. The normalized spacial score (nSPS) is 17.1. The van der Waals surface area contributed by atoms with Gasteiger partial charge in [0.2, 0.25) is 5.91 Å². The first kappa shape index (κ1) is 19.0. The molecule has 1 fully saturated rings. The zero-order valence-electron chi connectivity index (χ0n) is 12.8. The van der Waals surface area contributed by atoms with Crippen LogP contribution in [0.3, 0.4) is 0 Å². The Morgan fingerprint density at radius 3 is 2.68 bits per heavy atom. The van der Waals surface area contributed by atoms with Gasteiger partial charge in [0, 0.05) is 24.7 Å². The Morgan fingerprint density at radius 1 is 1.27 bits per heavy atom. The van der Waals surface area contributed by atoms with Crippen LogP contribution in [0.5, 0.6) is 0 Å². The molecule has 122 valence electrons. The molecule has 1 saturated heterocycles. The number of nitrogens with zero attached hydrogens (tertiary/aromatic N) is 1. The van der Waals surface area contributed by atoms with E-state index in [0.717, 1.165) is 25.9 Å². The van der Waals surface area contributed by atoms with Gasteiger partial charge in [-0.2, -0.15) is 0 Å². The molecule has 1 aromatic rings.